The van der Waals surface area contributed by atoms with Crippen LogP contribution in [0.25, 0.3) is 0 Å². The number of halogens is 1. The zero-order chi connectivity index (χ0) is 18.0. The molecule has 25 heavy (non-hydrogen) atoms. The number of sulfonamides is 1. The molecule has 1 aliphatic heterocycles. The molecule has 0 spiro atoms. The van der Waals surface area contributed by atoms with Crippen molar-refractivity contribution in [3.05, 3.63) is 17.7 Å². The van der Waals surface area contributed by atoms with Gasteiger partial charge in [0.2, 0.25) is 10.0 Å². The fourth-order valence-electron chi connectivity index (χ4n) is 3.14. The summed E-state index contributed by atoms with van der Waals surface area (Å²) in [6, 6.07) is 3.30. The Morgan fingerprint density at radius 1 is 1.24 bits per heavy atom. The van der Waals surface area contributed by atoms with Gasteiger partial charge in [0.1, 0.15) is 0 Å². The Morgan fingerprint density at radius 2 is 1.84 bits per heavy atom. The topological polar surface area (TPSA) is 76.7 Å². The Kier molecular flexibility index (Phi) is 7.55. The van der Waals surface area contributed by atoms with Crippen LogP contribution >= 0.6 is 12.4 Å². The minimum atomic E-state index is -3.62. The monoisotopic (exact) mass is 392 g/mol. The number of benzene rings is 1. The third-order valence-electron chi connectivity index (χ3n) is 4.78. The molecule has 0 amide bonds. The zero-order valence-corrected chi connectivity index (χ0v) is 17.1. The molecule has 144 valence electrons. The first-order valence-corrected chi connectivity index (χ1v) is 9.65. The van der Waals surface area contributed by atoms with E-state index in [4.69, 9.17) is 9.47 Å². The normalized spacial score (nSPS) is 19.8. The van der Waals surface area contributed by atoms with Gasteiger partial charge >= 0.3 is 0 Å². The van der Waals surface area contributed by atoms with Gasteiger partial charge in [0.05, 0.1) is 19.1 Å². The van der Waals surface area contributed by atoms with Gasteiger partial charge in [0, 0.05) is 18.7 Å². The Balaban J connectivity index is 0.00000312. The van der Waals surface area contributed by atoms with Crippen LogP contribution in [0.15, 0.2) is 17.0 Å². The second-order valence-electron chi connectivity index (χ2n) is 6.92. The molecule has 8 heteroatoms. The zero-order valence-electron chi connectivity index (χ0n) is 15.5. The molecule has 6 nitrogen and oxygen atoms in total. The molecule has 0 saturated carbocycles. The number of hydrogen-bond donors (Lipinski definition) is 2. The van der Waals surface area contributed by atoms with Gasteiger partial charge in [0.25, 0.3) is 0 Å². The van der Waals surface area contributed by atoms with Crippen LogP contribution in [0.3, 0.4) is 0 Å². The highest BCUT2D eigenvalue weighted by molar-refractivity contribution is 7.89. The van der Waals surface area contributed by atoms with Crippen molar-refractivity contribution in [2.45, 2.75) is 44.6 Å². The van der Waals surface area contributed by atoms with Crippen LogP contribution in [0.4, 0.5) is 0 Å². The number of rotatable bonds is 6. The van der Waals surface area contributed by atoms with Crippen molar-refractivity contribution in [2.75, 3.05) is 27.3 Å². The quantitative estimate of drug-likeness (QED) is 0.777. The number of aryl methyl sites for hydroxylation is 1. The molecule has 0 radical (unpaired) electrons. The van der Waals surface area contributed by atoms with Gasteiger partial charge in [-0.3, -0.25) is 0 Å². The van der Waals surface area contributed by atoms with Crippen molar-refractivity contribution in [3.63, 3.8) is 0 Å². The summed E-state index contributed by atoms with van der Waals surface area (Å²) >= 11 is 0. The molecule has 1 atom stereocenters. The third kappa shape index (κ3) is 5.00. The van der Waals surface area contributed by atoms with Gasteiger partial charge < -0.3 is 14.8 Å². The van der Waals surface area contributed by atoms with Crippen molar-refractivity contribution in [2.24, 2.45) is 5.41 Å². The molecule has 0 aromatic heterocycles. The van der Waals surface area contributed by atoms with Crippen LogP contribution in [0.5, 0.6) is 11.5 Å². The molecule has 0 bridgehead atoms. The van der Waals surface area contributed by atoms with E-state index in [0.717, 1.165) is 19.4 Å². The van der Waals surface area contributed by atoms with Crippen LogP contribution in [0, 0.1) is 12.3 Å². The smallest absolute Gasteiger partial charge is 0.241 e. The van der Waals surface area contributed by atoms with Crippen molar-refractivity contribution >= 4 is 22.4 Å². The van der Waals surface area contributed by atoms with Crippen molar-refractivity contribution < 1.29 is 17.9 Å². The van der Waals surface area contributed by atoms with Gasteiger partial charge in [-0.1, -0.05) is 13.8 Å². The fraction of sp³-hybridized carbons (Fsp3) is 0.647. The van der Waals surface area contributed by atoms with E-state index >= 15 is 0 Å². The summed E-state index contributed by atoms with van der Waals surface area (Å²) in [5, 5.41) is 3.42. The number of ether oxygens (including phenoxy) is 2. The SMILES string of the molecule is COc1cc(C)c(S(=O)(=O)NCC2NCCCC2(C)C)cc1OC.Cl. The first-order chi connectivity index (χ1) is 11.2. The number of nitrogens with one attached hydrogen (secondary N) is 2. The predicted molar refractivity (Wildman–Crippen MR) is 102 cm³/mol. The second-order valence-corrected chi connectivity index (χ2v) is 8.66. The minimum Gasteiger partial charge on any atom is -0.493 e. The predicted octanol–water partition coefficient (Wildman–Crippen LogP) is 2.49. The van der Waals surface area contributed by atoms with E-state index in [2.05, 4.69) is 23.9 Å². The largest absolute Gasteiger partial charge is 0.493 e. The molecule has 1 heterocycles. The summed E-state index contributed by atoms with van der Waals surface area (Å²) in [6.45, 7) is 7.37. The molecular formula is C17H29ClN2O4S. The van der Waals surface area contributed by atoms with E-state index in [-0.39, 0.29) is 28.8 Å². The average molecular weight is 393 g/mol. The van der Waals surface area contributed by atoms with E-state index in [1.807, 2.05) is 0 Å². The molecule has 1 aliphatic rings. The first-order valence-electron chi connectivity index (χ1n) is 8.17. The summed E-state index contributed by atoms with van der Waals surface area (Å²) in [5.74, 6) is 0.920. The summed E-state index contributed by atoms with van der Waals surface area (Å²) < 4.78 is 38.7. The van der Waals surface area contributed by atoms with Crippen LogP contribution in [-0.4, -0.2) is 41.8 Å². The maximum atomic E-state index is 12.7. The lowest BCUT2D eigenvalue weighted by molar-refractivity contribution is 0.181. The molecule has 1 unspecified atom stereocenters. The highest BCUT2D eigenvalue weighted by atomic mass is 35.5. The molecule has 1 fully saturated rings. The lowest BCUT2D eigenvalue weighted by Gasteiger charge is -2.39. The van der Waals surface area contributed by atoms with Crippen molar-refractivity contribution in [1.82, 2.24) is 10.0 Å². The van der Waals surface area contributed by atoms with Crippen LogP contribution in [0.1, 0.15) is 32.3 Å². The van der Waals surface area contributed by atoms with Crippen LogP contribution in [0.2, 0.25) is 0 Å². The Hall–Kier alpha value is -1.02. The molecular weight excluding hydrogens is 364 g/mol. The van der Waals surface area contributed by atoms with Crippen molar-refractivity contribution in [3.8, 4) is 11.5 Å². The maximum Gasteiger partial charge on any atom is 0.241 e. The van der Waals surface area contributed by atoms with E-state index in [1.165, 1.54) is 20.3 Å². The van der Waals surface area contributed by atoms with Gasteiger partial charge in [-0.25, -0.2) is 13.1 Å². The average Bonchev–Trinajstić information content (AvgIpc) is 2.52. The van der Waals surface area contributed by atoms with E-state index < -0.39 is 10.0 Å². The maximum absolute atomic E-state index is 12.7. The lowest BCUT2D eigenvalue weighted by Crippen LogP contribution is -2.52. The second kappa shape index (κ2) is 8.58. The summed E-state index contributed by atoms with van der Waals surface area (Å²) in [4.78, 5) is 0.216. The van der Waals surface area contributed by atoms with Crippen molar-refractivity contribution in [1.29, 1.82) is 0 Å². The Morgan fingerprint density at radius 3 is 2.40 bits per heavy atom. The van der Waals surface area contributed by atoms with E-state index in [0.29, 0.717) is 23.6 Å². The van der Waals surface area contributed by atoms with E-state index in [9.17, 15) is 8.42 Å². The highest BCUT2D eigenvalue weighted by Gasteiger charge is 2.33. The first kappa shape index (κ1) is 22.0. The number of piperidine rings is 1. The molecule has 2 N–H and O–H groups in total. The van der Waals surface area contributed by atoms with Gasteiger partial charge in [-0.15, -0.1) is 12.4 Å². The molecule has 0 aliphatic carbocycles. The molecule has 1 aromatic rings. The number of methoxy groups -OCH3 is 2. The fourth-order valence-corrected chi connectivity index (χ4v) is 4.43. The van der Waals surface area contributed by atoms with Gasteiger partial charge in [-0.2, -0.15) is 0 Å². The standard InChI is InChI=1S/C17H28N2O4S.ClH/c1-12-9-13(22-4)14(23-5)10-15(12)24(20,21)19-11-16-17(2,3)7-6-8-18-16;/h9-10,16,18-19H,6-8,11H2,1-5H3;1H. The summed E-state index contributed by atoms with van der Waals surface area (Å²) in [6.07, 6.45) is 2.20. The number of hydrogen-bond acceptors (Lipinski definition) is 5. The molecule has 1 aromatic carbocycles. The lowest BCUT2D eigenvalue weighted by atomic mass is 9.78. The van der Waals surface area contributed by atoms with Crippen LogP contribution < -0.4 is 19.5 Å². The third-order valence-corrected chi connectivity index (χ3v) is 6.35. The van der Waals surface area contributed by atoms with Gasteiger partial charge in [0.15, 0.2) is 11.5 Å². The molecule has 1 saturated heterocycles. The molecule has 2 rings (SSSR count). The highest BCUT2D eigenvalue weighted by Crippen LogP contribution is 2.33. The van der Waals surface area contributed by atoms with E-state index in [1.54, 1.807) is 13.0 Å². The summed E-state index contributed by atoms with van der Waals surface area (Å²) in [5.41, 5.74) is 0.684. The minimum absolute atomic E-state index is 0. The Labute approximate surface area is 157 Å². The Bertz CT molecular complexity index is 692. The van der Waals surface area contributed by atoms with Gasteiger partial charge in [-0.05, 0) is 43.4 Å². The summed E-state index contributed by atoms with van der Waals surface area (Å²) in [7, 11) is -0.604. The van der Waals surface area contributed by atoms with Crippen LogP contribution in [-0.2, 0) is 10.0 Å².